The number of hydrogen-bond acceptors (Lipinski definition) is 0. The Labute approximate surface area is 105 Å². The van der Waals surface area contributed by atoms with Gasteiger partial charge in [0.25, 0.3) is 0 Å². The molecule has 0 spiro atoms. The summed E-state index contributed by atoms with van der Waals surface area (Å²) in [4.78, 5) is 0.633. The number of halogens is 2. The van der Waals surface area contributed by atoms with Gasteiger partial charge in [-0.1, -0.05) is 35.0 Å². The molecular formula is C14H18BrF. The Bertz CT molecular complexity index is 333. The highest BCUT2D eigenvalue weighted by Crippen LogP contribution is 2.35. The Balaban J connectivity index is 2.00. The van der Waals surface area contributed by atoms with E-state index in [1.165, 1.54) is 24.8 Å². The lowest BCUT2D eigenvalue weighted by atomic mass is 9.79. The first-order valence-electron chi connectivity index (χ1n) is 6.03. The van der Waals surface area contributed by atoms with Crippen molar-refractivity contribution >= 4 is 15.9 Å². The molecule has 0 radical (unpaired) electrons. The molecule has 16 heavy (non-hydrogen) atoms. The van der Waals surface area contributed by atoms with Crippen LogP contribution < -0.4 is 0 Å². The Morgan fingerprint density at radius 3 is 2.62 bits per heavy atom. The number of hydrogen-bond donors (Lipinski definition) is 0. The summed E-state index contributed by atoms with van der Waals surface area (Å²) in [6.07, 6.45) is 4.96. The van der Waals surface area contributed by atoms with E-state index in [1.54, 1.807) is 12.1 Å². The minimum atomic E-state index is -0.142. The Morgan fingerprint density at radius 1 is 1.25 bits per heavy atom. The number of alkyl halides is 1. The number of rotatable bonds is 2. The molecule has 0 bridgehead atoms. The van der Waals surface area contributed by atoms with Gasteiger partial charge < -0.3 is 0 Å². The molecule has 0 N–H and O–H groups in total. The molecule has 1 fully saturated rings. The summed E-state index contributed by atoms with van der Waals surface area (Å²) < 4.78 is 12.8. The van der Waals surface area contributed by atoms with Crippen LogP contribution in [0.2, 0.25) is 0 Å². The van der Waals surface area contributed by atoms with Crippen LogP contribution in [0.25, 0.3) is 0 Å². The molecule has 1 aliphatic carbocycles. The predicted octanol–water partition coefficient (Wildman–Crippen LogP) is 4.57. The minimum absolute atomic E-state index is 0.142. The van der Waals surface area contributed by atoms with Crippen molar-refractivity contribution in [2.24, 2.45) is 11.8 Å². The highest BCUT2D eigenvalue weighted by molar-refractivity contribution is 9.09. The fourth-order valence-electron chi connectivity index (χ4n) is 2.60. The van der Waals surface area contributed by atoms with E-state index >= 15 is 0 Å². The highest BCUT2D eigenvalue weighted by Gasteiger charge is 2.26. The van der Waals surface area contributed by atoms with Crippen molar-refractivity contribution in [2.75, 3.05) is 0 Å². The lowest BCUT2D eigenvalue weighted by Gasteiger charge is -2.31. The average molecular weight is 285 g/mol. The summed E-state index contributed by atoms with van der Waals surface area (Å²) in [5.41, 5.74) is 1.25. The van der Waals surface area contributed by atoms with E-state index in [4.69, 9.17) is 0 Å². The van der Waals surface area contributed by atoms with Crippen molar-refractivity contribution in [1.29, 1.82) is 0 Å². The molecular weight excluding hydrogens is 267 g/mol. The molecule has 3 unspecified atom stereocenters. The summed E-state index contributed by atoms with van der Waals surface area (Å²) in [6, 6.07) is 6.94. The fourth-order valence-corrected chi connectivity index (χ4v) is 3.26. The van der Waals surface area contributed by atoms with Crippen LogP contribution >= 0.6 is 15.9 Å². The molecule has 1 aromatic rings. The summed E-state index contributed by atoms with van der Waals surface area (Å²) in [5.74, 6) is 1.39. The summed E-state index contributed by atoms with van der Waals surface area (Å²) in [6.45, 7) is 2.33. The van der Waals surface area contributed by atoms with E-state index < -0.39 is 0 Å². The van der Waals surface area contributed by atoms with Crippen molar-refractivity contribution in [3.05, 3.63) is 35.6 Å². The second kappa shape index (κ2) is 5.31. The van der Waals surface area contributed by atoms with Crippen LogP contribution in [0.5, 0.6) is 0 Å². The van der Waals surface area contributed by atoms with Gasteiger partial charge in [-0.15, -0.1) is 0 Å². The van der Waals surface area contributed by atoms with Gasteiger partial charge in [-0.25, -0.2) is 4.39 Å². The van der Waals surface area contributed by atoms with Crippen molar-refractivity contribution in [3.63, 3.8) is 0 Å². The van der Waals surface area contributed by atoms with Gasteiger partial charge in [0.2, 0.25) is 0 Å². The summed E-state index contributed by atoms with van der Waals surface area (Å²) in [7, 11) is 0. The standard InChI is InChI=1S/C14H18BrF/c1-10-2-7-14(15)12(8-10)9-11-3-5-13(16)6-4-11/h3-6,10,12,14H,2,7-9H2,1H3. The quantitative estimate of drug-likeness (QED) is 0.698. The Hall–Kier alpha value is -0.370. The van der Waals surface area contributed by atoms with Crippen LogP contribution in [0.4, 0.5) is 4.39 Å². The minimum Gasteiger partial charge on any atom is -0.207 e. The van der Waals surface area contributed by atoms with Gasteiger partial charge in [-0.3, -0.25) is 0 Å². The molecule has 0 saturated heterocycles. The molecule has 88 valence electrons. The van der Waals surface area contributed by atoms with Gasteiger partial charge in [0.1, 0.15) is 5.82 Å². The van der Waals surface area contributed by atoms with Crippen LogP contribution in [0, 0.1) is 17.7 Å². The van der Waals surface area contributed by atoms with Crippen LogP contribution in [-0.4, -0.2) is 4.83 Å². The van der Waals surface area contributed by atoms with Crippen LogP contribution in [0.15, 0.2) is 24.3 Å². The number of benzene rings is 1. The van der Waals surface area contributed by atoms with Crippen molar-refractivity contribution in [2.45, 2.75) is 37.4 Å². The predicted molar refractivity (Wildman–Crippen MR) is 69.3 cm³/mol. The summed E-state index contributed by atoms with van der Waals surface area (Å²) in [5, 5.41) is 0. The van der Waals surface area contributed by atoms with Crippen LogP contribution in [0.3, 0.4) is 0 Å². The van der Waals surface area contributed by atoms with Gasteiger partial charge in [0.05, 0.1) is 0 Å². The monoisotopic (exact) mass is 284 g/mol. The Morgan fingerprint density at radius 2 is 1.94 bits per heavy atom. The maximum absolute atomic E-state index is 12.8. The average Bonchev–Trinajstić information content (AvgIpc) is 2.27. The van der Waals surface area contributed by atoms with Crippen LogP contribution in [0.1, 0.15) is 31.7 Å². The molecule has 2 rings (SSSR count). The molecule has 1 saturated carbocycles. The second-order valence-electron chi connectivity index (χ2n) is 5.02. The van der Waals surface area contributed by atoms with Gasteiger partial charge in [-0.05, 0) is 55.2 Å². The normalized spacial score (nSPS) is 30.3. The van der Waals surface area contributed by atoms with Gasteiger partial charge >= 0.3 is 0 Å². The molecule has 3 atom stereocenters. The van der Waals surface area contributed by atoms with Crippen molar-refractivity contribution in [3.8, 4) is 0 Å². The maximum Gasteiger partial charge on any atom is 0.123 e. The zero-order valence-corrected chi connectivity index (χ0v) is 11.2. The third kappa shape index (κ3) is 3.07. The first-order valence-corrected chi connectivity index (χ1v) is 6.95. The maximum atomic E-state index is 12.8. The highest BCUT2D eigenvalue weighted by atomic mass is 79.9. The SMILES string of the molecule is CC1CCC(Br)C(Cc2ccc(F)cc2)C1. The largest absolute Gasteiger partial charge is 0.207 e. The van der Waals surface area contributed by atoms with E-state index in [1.807, 2.05) is 12.1 Å². The summed E-state index contributed by atoms with van der Waals surface area (Å²) >= 11 is 3.78. The van der Waals surface area contributed by atoms with E-state index in [2.05, 4.69) is 22.9 Å². The van der Waals surface area contributed by atoms with Crippen molar-refractivity contribution in [1.82, 2.24) is 0 Å². The molecule has 1 aromatic carbocycles. The third-order valence-electron chi connectivity index (χ3n) is 3.56. The van der Waals surface area contributed by atoms with E-state index in [0.717, 1.165) is 12.3 Å². The molecule has 0 heterocycles. The topological polar surface area (TPSA) is 0 Å². The fraction of sp³-hybridized carbons (Fsp3) is 0.571. The van der Waals surface area contributed by atoms with Crippen LogP contribution in [-0.2, 0) is 6.42 Å². The Kier molecular flexibility index (Phi) is 4.01. The second-order valence-corrected chi connectivity index (χ2v) is 6.20. The first-order chi connectivity index (χ1) is 7.65. The smallest absolute Gasteiger partial charge is 0.123 e. The lowest BCUT2D eigenvalue weighted by Crippen LogP contribution is -2.25. The molecule has 0 aromatic heterocycles. The van der Waals surface area contributed by atoms with Gasteiger partial charge in [0, 0.05) is 4.83 Å². The molecule has 2 heteroatoms. The van der Waals surface area contributed by atoms with E-state index in [0.29, 0.717) is 10.7 Å². The zero-order chi connectivity index (χ0) is 11.5. The third-order valence-corrected chi connectivity index (χ3v) is 4.77. The van der Waals surface area contributed by atoms with E-state index in [-0.39, 0.29) is 5.82 Å². The molecule has 0 aliphatic heterocycles. The van der Waals surface area contributed by atoms with Gasteiger partial charge in [0.15, 0.2) is 0 Å². The zero-order valence-electron chi connectivity index (χ0n) is 9.63. The van der Waals surface area contributed by atoms with Gasteiger partial charge in [-0.2, -0.15) is 0 Å². The molecule has 0 nitrogen and oxygen atoms in total. The first kappa shape index (κ1) is 12.1. The lowest BCUT2D eigenvalue weighted by molar-refractivity contribution is 0.294. The molecule has 0 amide bonds. The van der Waals surface area contributed by atoms with Crippen molar-refractivity contribution < 1.29 is 4.39 Å². The van der Waals surface area contributed by atoms with E-state index in [9.17, 15) is 4.39 Å². The molecule has 1 aliphatic rings.